The molecule has 0 spiro atoms. The molecule has 32 heavy (non-hydrogen) atoms. The molecule has 0 saturated heterocycles. The topological polar surface area (TPSA) is 72.4 Å². The first kappa shape index (κ1) is 20.2. The van der Waals surface area contributed by atoms with Gasteiger partial charge < -0.3 is 9.52 Å². The van der Waals surface area contributed by atoms with Crippen LogP contribution in [0.3, 0.4) is 0 Å². The molecule has 0 aliphatic heterocycles. The van der Waals surface area contributed by atoms with E-state index < -0.39 is 11.2 Å². The number of aryl methyl sites for hydroxylation is 2. The first-order chi connectivity index (χ1) is 15.4. The molecule has 0 aliphatic rings. The first-order valence-corrected chi connectivity index (χ1v) is 10.9. The number of para-hydroxylation sites is 2. The van der Waals surface area contributed by atoms with Crippen LogP contribution in [0.1, 0.15) is 11.1 Å². The van der Waals surface area contributed by atoms with Gasteiger partial charge in [0.15, 0.2) is 11.3 Å². The van der Waals surface area contributed by atoms with Crippen molar-refractivity contribution in [1.29, 1.82) is 0 Å². The summed E-state index contributed by atoms with van der Waals surface area (Å²) >= 11 is 1.10. The maximum atomic E-state index is 13.6. The number of fused-ring (bicyclic) bond motifs is 3. The summed E-state index contributed by atoms with van der Waals surface area (Å²) < 4.78 is 7.17. The third kappa shape index (κ3) is 3.29. The molecule has 0 fully saturated rings. The minimum absolute atomic E-state index is 0.00510. The number of nitrogens with zero attached hydrogens (tertiary/aromatic N) is 1. The van der Waals surface area contributed by atoms with Crippen LogP contribution in [-0.2, 0) is 0 Å². The Morgan fingerprint density at radius 1 is 0.875 bits per heavy atom. The van der Waals surface area contributed by atoms with Crippen LogP contribution in [0, 0.1) is 13.8 Å². The molecule has 5 aromatic rings. The summed E-state index contributed by atoms with van der Waals surface area (Å²) in [5.41, 5.74) is 2.28. The van der Waals surface area contributed by atoms with Crippen molar-refractivity contribution in [3.05, 3.63) is 105 Å². The lowest BCUT2D eigenvalue weighted by atomic mass is 10.1. The van der Waals surface area contributed by atoms with E-state index in [1.807, 2.05) is 68.4 Å². The number of hydrogen-bond acceptors (Lipinski definition) is 5. The smallest absolute Gasteiger partial charge is 0.354 e. The van der Waals surface area contributed by atoms with E-state index in [1.54, 1.807) is 18.2 Å². The summed E-state index contributed by atoms with van der Waals surface area (Å²) in [6.45, 7) is 3.93. The molecule has 158 valence electrons. The van der Waals surface area contributed by atoms with Crippen LogP contribution in [0.15, 0.2) is 96.6 Å². The third-order valence-electron chi connectivity index (χ3n) is 5.30. The van der Waals surface area contributed by atoms with Gasteiger partial charge in [0.25, 0.3) is 5.56 Å². The lowest BCUT2D eigenvalue weighted by Crippen LogP contribution is -2.20. The number of benzene rings is 3. The predicted molar refractivity (Wildman–Crippen MR) is 127 cm³/mol. The van der Waals surface area contributed by atoms with E-state index in [4.69, 9.17) is 4.42 Å². The van der Waals surface area contributed by atoms with E-state index in [0.717, 1.165) is 27.8 Å². The first-order valence-electron chi connectivity index (χ1n) is 10.1. The van der Waals surface area contributed by atoms with Crippen molar-refractivity contribution in [1.82, 2.24) is 4.57 Å². The van der Waals surface area contributed by atoms with E-state index in [9.17, 15) is 14.7 Å². The van der Waals surface area contributed by atoms with Crippen molar-refractivity contribution in [2.45, 2.75) is 23.6 Å². The third-order valence-corrected chi connectivity index (χ3v) is 6.33. The fourth-order valence-electron chi connectivity index (χ4n) is 4.01. The molecule has 5 nitrogen and oxygen atoms in total. The van der Waals surface area contributed by atoms with E-state index in [-0.39, 0.29) is 21.6 Å². The Kier molecular flexibility index (Phi) is 4.87. The molecule has 2 aromatic heterocycles. The maximum absolute atomic E-state index is 13.6. The average Bonchev–Trinajstić information content (AvgIpc) is 2.76. The highest BCUT2D eigenvalue weighted by molar-refractivity contribution is 7.99. The van der Waals surface area contributed by atoms with Gasteiger partial charge in [-0.05, 0) is 61.4 Å². The number of rotatable bonds is 3. The second-order valence-corrected chi connectivity index (χ2v) is 8.77. The van der Waals surface area contributed by atoms with Crippen LogP contribution in [0.4, 0.5) is 0 Å². The van der Waals surface area contributed by atoms with Gasteiger partial charge in [-0.25, -0.2) is 4.79 Å². The average molecular weight is 442 g/mol. The molecular weight excluding hydrogens is 422 g/mol. The zero-order valence-corrected chi connectivity index (χ0v) is 18.3. The molecule has 0 saturated carbocycles. The Balaban J connectivity index is 1.86. The van der Waals surface area contributed by atoms with Crippen LogP contribution in [0.25, 0.3) is 27.6 Å². The molecular formula is C26H19NO4S. The summed E-state index contributed by atoms with van der Waals surface area (Å²) in [5, 5.41) is 11.7. The Morgan fingerprint density at radius 2 is 1.53 bits per heavy atom. The molecule has 3 aromatic carbocycles. The number of aromatic hydroxyl groups is 1. The van der Waals surface area contributed by atoms with Gasteiger partial charge in [-0.1, -0.05) is 48.2 Å². The van der Waals surface area contributed by atoms with E-state index >= 15 is 0 Å². The van der Waals surface area contributed by atoms with Gasteiger partial charge in [0.2, 0.25) is 0 Å². The lowest BCUT2D eigenvalue weighted by Gasteiger charge is -2.14. The number of hydrogen-bond donors (Lipinski definition) is 1. The van der Waals surface area contributed by atoms with Crippen molar-refractivity contribution in [3.8, 4) is 11.4 Å². The zero-order chi connectivity index (χ0) is 22.4. The van der Waals surface area contributed by atoms with Gasteiger partial charge in [-0.3, -0.25) is 9.36 Å². The Bertz CT molecular complexity index is 1600. The van der Waals surface area contributed by atoms with Crippen molar-refractivity contribution < 1.29 is 9.52 Å². The van der Waals surface area contributed by atoms with Crippen molar-refractivity contribution >= 4 is 33.6 Å². The van der Waals surface area contributed by atoms with Crippen LogP contribution in [-0.4, -0.2) is 9.67 Å². The van der Waals surface area contributed by atoms with Gasteiger partial charge in [0.05, 0.1) is 5.52 Å². The molecule has 0 radical (unpaired) electrons. The van der Waals surface area contributed by atoms with E-state index in [0.29, 0.717) is 16.6 Å². The van der Waals surface area contributed by atoms with Gasteiger partial charge in [0.1, 0.15) is 10.3 Å². The molecule has 0 aliphatic carbocycles. The molecule has 1 N–H and O–H groups in total. The molecule has 2 heterocycles. The minimum Gasteiger partial charge on any atom is -0.505 e. The number of pyridine rings is 1. The fourth-order valence-corrected chi connectivity index (χ4v) is 5.06. The summed E-state index contributed by atoms with van der Waals surface area (Å²) in [5.74, 6) is -0.360. The quantitative estimate of drug-likeness (QED) is 0.371. The van der Waals surface area contributed by atoms with E-state index in [2.05, 4.69) is 0 Å². The summed E-state index contributed by atoms with van der Waals surface area (Å²) in [4.78, 5) is 27.3. The van der Waals surface area contributed by atoms with Gasteiger partial charge >= 0.3 is 5.63 Å². The summed E-state index contributed by atoms with van der Waals surface area (Å²) in [6, 6.07) is 22.2. The minimum atomic E-state index is -0.679. The van der Waals surface area contributed by atoms with Crippen molar-refractivity contribution in [2.75, 3.05) is 0 Å². The van der Waals surface area contributed by atoms with Crippen LogP contribution >= 0.6 is 11.8 Å². The Labute approximate surface area is 187 Å². The second kappa shape index (κ2) is 7.73. The standard InChI is InChI=1S/C26H19NO4S/c1-15-12-16(2)14-18(13-15)32-24-22(28)21-23(31-26(24)30)19-10-6-7-11-20(19)27(25(21)29)17-8-4-3-5-9-17/h3-14,28H,1-2H3. The lowest BCUT2D eigenvalue weighted by molar-refractivity contribution is 0.447. The van der Waals surface area contributed by atoms with Crippen LogP contribution in [0.2, 0.25) is 0 Å². The van der Waals surface area contributed by atoms with Crippen LogP contribution < -0.4 is 11.2 Å². The molecule has 5 rings (SSSR count). The van der Waals surface area contributed by atoms with Crippen molar-refractivity contribution in [3.63, 3.8) is 0 Å². The SMILES string of the molecule is Cc1cc(C)cc(Sc2c(O)c3c(=O)n(-c4ccccc4)c4ccccc4c3oc2=O)c1. The molecule has 0 amide bonds. The normalized spacial score (nSPS) is 11.3. The van der Waals surface area contributed by atoms with Crippen LogP contribution in [0.5, 0.6) is 5.75 Å². The second-order valence-electron chi connectivity index (χ2n) is 7.69. The Morgan fingerprint density at radius 3 is 2.25 bits per heavy atom. The van der Waals surface area contributed by atoms with Gasteiger partial charge in [-0.15, -0.1) is 0 Å². The molecule has 0 unspecified atom stereocenters. The molecule has 0 atom stereocenters. The van der Waals surface area contributed by atoms with Gasteiger partial charge in [-0.2, -0.15) is 0 Å². The summed E-state index contributed by atoms with van der Waals surface area (Å²) in [6.07, 6.45) is 0. The number of aromatic nitrogens is 1. The molecule has 6 heteroatoms. The maximum Gasteiger partial charge on any atom is 0.354 e. The predicted octanol–water partition coefficient (Wildman–Crippen LogP) is 5.57. The van der Waals surface area contributed by atoms with Gasteiger partial charge in [0, 0.05) is 16.0 Å². The Hall–Kier alpha value is -3.77. The summed E-state index contributed by atoms with van der Waals surface area (Å²) in [7, 11) is 0. The molecule has 0 bridgehead atoms. The van der Waals surface area contributed by atoms with Crippen molar-refractivity contribution in [2.24, 2.45) is 0 Å². The fraction of sp³-hybridized carbons (Fsp3) is 0.0769. The largest absolute Gasteiger partial charge is 0.505 e. The highest BCUT2D eigenvalue weighted by Gasteiger charge is 2.22. The zero-order valence-electron chi connectivity index (χ0n) is 17.5. The monoisotopic (exact) mass is 441 g/mol. The highest BCUT2D eigenvalue weighted by Crippen LogP contribution is 2.38. The highest BCUT2D eigenvalue weighted by atomic mass is 32.2. The van der Waals surface area contributed by atoms with E-state index in [1.165, 1.54) is 4.57 Å².